The fourth-order valence-corrected chi connectivity index (χ4v) is 2.61. The van der Waals surface area contributed by atoms with Crippen LogP contribution >= 0.6 is 0 Å². The van der Waals surface area contributed by atoms with Crippen LogP contribution in [0.5, 0.6) is 0 Å². The van der Waals surface area contributed by atoms with Crippen molar-refractivity contribution in [3.63, 3.8) is 0 Å². The third-order valence-corrected chi connectivity index (χ3v) is 3.86. The number of hydrogen-bond acceptors (Lipinski definition) is 2. The van der Waals surface area contributed by atoms with E-state index in [1.807, 2.05) is 0 Å². The van der Waals surface area contributed by atoms with Crippen LogP contribution < -0.4 is 5.32 Å². The van der Waals surface area contributed by atoms with Crippen LogP contribution in [0.15, 0.2) is 23.1 Å². The summed E-state index contributed by atoms with van der Waals surface area (Å²) in [5.41, 5.74) is 0. The maximum atomic E-state index is 13.3. The van der Waals surface area contributed by atoms with Gasteiger partial charge in [-0.25, -0.2) is 8.78 Å². The lowest BCUT2D eigenvalue weighted by molar-refractivity contribution is 0.549. The van der Waals surface area contributed by atoms with E-state index in [0.29, 0.717) is 18.1 Å². The van der Waals surface area contributed by atoms with E-state index in [-0.39, 0.29) is 4.90 Å². The minimum absolute atomic E-state index is 0.0836. The van der Waals surface area contributed by atoms with Gasteiger partial charge >= 0.3 is 0 Å². The predicted octanol–water partition coefficient (Wildman–Crippen LogP) is 2.71. The van der Waals surface area contributed by atoms with Crippen molar-refractivity contribution in [3.05, 3.63) is 29.8 Å². The minimum Gasteiger partial charge on any atom is -0.316 e. The molecule has 102 valence electrons. The molecule has 0 fully saturated rings. The number of halogens is 2. The fraction of sp³-hybridized carbons (Fsp3) is 0.538. The van der Waals surface area contributed by atoms with Crippen molar-refractivity contribution in [1.82, 2.24) is 5.32 Å². The van der Waals surface area contributed by atoms with E-state index in [2.05, 4.69) is 19.2 Å². The van der Waals surface area contributed by atoms with Crippen molar-refractivity contribution < 1.29 is 13.0 Å². The topological polar surface area (TPSA) is 29.1 Å². The first-order chi connectivity index (χ1) is 8.50. The van der Waals surface area contributed by atoms with Crippen LogP contribution in [0.3, 0.4) is 0 Å². The first kappa shape index (κ1) is 15.2. The Morgan fingerprint density at radius 1 is 1.33 bits per heavy atom. The van der Waals surface area contributed by atoms with Gasteiger partial charge in [0.25, 0.3) is 0 Å². The van der Waals surface area contributed by atoms with Crippen LogP contribution in [0, 0.1) is 17.6 Å². The molecule has 0 saturated carbocycles. The fourth-order valence-electron chi connectivity index (χ4n) is 1.49. The molecule has 1 aromatic carbocycles. The Morgan fingerprint density at radius 3 is 2.67 bits per heavy atom. The zero-order valence-electron chi connectivity index (χ0n) is 10.7. The monoisotopic (exact) mass is 275 g/mol. The maximum absolute atomic E-state index is 13.3. The van der Waals surface area contributed by atoms with Gasteiger partial charge in [-0.3, -0.25) is 4.21 Å². The zero-order chi connectivity index (χ0) is 13.5. The van der Waals surface area contributed by atoms with Gasteiger partial charge < -0.3 is 5.32 Å². The molecule has 0 aliphatic carbocycles. The highest BCUT2D eigenvalue weighted by Crippen LogP contribution is 2.14. The van der Waals surface area contributed by atoms with Crippen molar-refractivity contribution in [1.29, 1.82) is 0 Å². The van der Waals surface area contributed by atoms with Gasteiger partial charge in [-0.05, 0) is 37.6 Å². The Kier molecular flexibility index (Phi) is 6.43. The van der Waals surface area contributed by atoms with Gasteiger partial charge in [-0.1, -0.05) is 13.8 Å². The van der Waals surface area contributed by atoms with Gasteiger partial charge in [0.15, 0.2) is 0 Å². The first-order valence-electron chi connectivity index (χ1n) is 6.05. The lowest BCUT2D eigenvalue weighted by Gasteiger charge is -2.07. The molecule has 0 radical (unpaired) electrons. The van der Waals surface area contributed by atoms with Gasteiger partial charge in [-0.2, -0.15) is 0 Å². The molecule has 18 heavy (non-hydrogen) atoms. The molecular weight excluding hydrogens is 256 g/mol. The molecule has 0 bridgehead atoms. The average molecular weight is 275 g/mol. The van der Waals surface area contributed by atoms with Crippen molar-refractivity contribution in [2.75, 3.05) is 18.8 Å². The van der Waals surface area contributed by atoms with E-state index in [4.69, 9.17) is 0 Å². The maximum Gasteiger partial charge on any atom is 0.142 e. The Balaban J connectivity index is 2.36. The van der Waals surface area contributed by atoms with Crippen molar-refractivity contribution >= 4 is 10.8 Å². The quantitative estimate of drug-likeness (QED) is 0.775. The first-order valence-corrected chi connectivity index (χ1v) is 7.36. The van der Waals surface area contributed by atoms with E-state index >= 15 is 0 Å². The number of hydrogen-bond donors (Lipinski definition) is 1. The average Bonchev–Trinajstić information content (AvgIpc) is 2.27. The molecule has 0 saturated heterocycles. The van der Waals surface area contributed by atoms with E-state index in [0.717, 1.165) is 25.2 Å². The number of benzene rings is 1. The highest BCUT2D eigenvalue weighted by molar-refractivity contribution is 7.85. The molecule has 0 aromatic heterocycles. The predicted molar refractivity (Wildman–Crippen MR) is 70.0 cm³/mol. The third kappa shape index (κ3) is 5.23. The summed E-state index contributed by atoms with van der Waals surface area (Å²) in [6.07, 6.45) is 0.705. The molecule has 2 nitrogen and oxygen atoms in total. The van der Waals surface area contributed by atoms with Crippen LogP contribution in [0.1, 0.15) is 20.3 Å². The molecule has 1 aromatic rings. The highest BCUT2D eigenvalue weighted by Gasteiger charge is 2.10. The van der Waals surface area contributed by atoms with Crippen LogP contribution in [0.4, 0.5) is 8.78 Å². The standard InChI is InChI=1S/C13H19F2NOS/c1-10(2)9-16-6-3-7-18(17)13-5-4-11(14)8-12(13)15/h4-5,8,10,16H,3,6-7,9H2,1-2H3. The number of nitrogens with one attached hydrogen (secondary N) is 1. The van der Waals surface area contributed by atoms with E-state index in [1.54, 1.807) is 0 Å². The van der Waals surface area contributed by atoms with Crippen LogP contribution in [0.2, 0.25) is 0 Å². The lowest BCUT2D eigenvalue weighted by atomic mass is 10.2. The largest absolute Gasteiger partial charge is 0.316 e. The van der Waals surface area contributed by atoms with Gasteiger partial charge in [0.1, 0.15) is 11.6 Å². The Bertz CT molecular complexity index is 410. The molecule has 0 spiro atoms. The summed E-state index contributed by atoms with van der Waals surface area (Å²) >= 11 is 0. The van der Waals surface area contributed by atoms with Crippen LogP contribution in [-0.4, -0.2) is 23.1 Å². The van der Waals surface area contributed by atoms with Gasteiger partial charge in [0, 0.05) is 11.8 Å². The second-order valence-electron chi connectivity index (χ2n) is 4.58. The summed E-state index contributed by atoms with van der Waals surface area (Å²) in [6.45, 7) is 5.89. The third-order valence-electron chi connectivity index (χ3n) is 2.38. The van der Waals surface area contributed by atoms with Gasteiger partial charge in [0.2, 0.25) is 0 Å². The molecular formula is C13H19F2NOS. The summed E-state index contributed by atoms with van der Waals surface area (Å²) in [6, 6.07) is 3.15. The lowest BCUT2D eigenvalue weighted by Crippen LogP contribution is -2.22. The smallest absolute Gasteiger partial charge is 0.142 e. The molecule has 0 aliphatic heterocycles. The molecule has 1 atom stereocenters. The van der Waals surface area contributed by atoms with Gasteiger partial charge in [0.05, 0.1) is 15.7 Å². The van der Waals surface area contributed by atoms with Crippen molar-refractivity contribution in [2.45, 2.75) is 25.2 Å². The van der Waals surface area contributed by atoms with E-state index in [1.165, 1.54) is 6.07 Å². The molecule has 1 N–H and O–H groups in total. The molecule has 1 unspecified atom stereocenters. The SMILES string of the molecule is CC(C)CNCCCS(=O)c1ccc(F)cc1F. The van der Waals surface area contributed by atoms with Crippen LogP contribution in [-0.2, 0) is 10.8 Å². The molecule has 1 rings (SSSR count). The number of rotatable bonds is 7. The van der Waals surface area contributed by atoms with E-state index in [9.17, 15) is 13.0 Å². The van der Waals surface area contributed by atoms with Gasteiger partial charge in [-0.15, -0.1) is 0 Å². The Labute approximate surface area is 109 Å². The zero-order valence-corrected chi connectivity index (χ0v) is 11.5. The minimum atomic E-state index is -1.40. The molecule has 0 aliphatic rings. The van der Waals surface area contributed by atoms with Crippen molar-refractivity contribution in [3.8, 4) is 0 Å². The Hall–Kier alpha value is -0.810. The highest BCUT2D eigenvalue weighted by atomic mass is 32.2. The molecule has 0 amide bonds. The summed E-state index contributed by atoms with van der Waals surface area (Å²) in [5, 5.41) is 3.23. The van der Waals surface area contributed by atoms with Crippen LogP contribution in [0.25, 0.3) is 0 Å². The Morgan fingerprint density at radius 2 is 2.06 bits per heavy atom. The molecule has 0 heterocycles. The van der Waals surface area contributed by atoms with Crippen molar-refractivity contribution in [2.24, 2.45) is 5.92 Å². The summed E-state index contributed by atoms with van der Waals surface area (Å²) < 4.78 is 37.8. The molecule has 5 heteroatoms. The normalized spacial score (nSPS) is 12.9. The summed E-state index contributed by atoms with van der Waals surface area (Å²) in [4.78, 5) is 0.0836. The summed E-state index contributed by atoms with van der Waals surface area (Å²) in [5.74, 6) is -0.423. The van der Waals surface area contributed by atoms with E-state index < -0.39 is 22.4 Å². The second-order valence-corrected chi connectivity index (χ2v) is 6.12. The second kappa shape index (κ2) is 7.59. The summed E-state index contributed by atoms with van der Waals surface area (Å²) in [7, 11) is -1.40.